The summed E-state index contributed by atoms with van der Waals surface area (Å²) in [5.74, 6) is -2.19. The number of hydrogen-bond acceptors (Lipinski definition) is 9. The Morgan fingerprint density at radius 1 is 0.738 bits per heavy atom. The topological polar surface area (TPSA) is 143 Å². The highest BCUT2D eigenvalue weighted by Crippen LogP contribution is 2.35. The van der Waals surface area contributed by atoms with Crippen molar-refractivity contribution in [2.24, 2.45) is 0 Å². The molecule has 3 aromatic carbocycles. The van der Waals surface area contributed by atoms with Crippen LogP contribution in [0, 0.1) is 6.92 Å². The monoisotopic (exact) mass is 570 g/mol. The van der Waals surface area contributed by atoms with Crippen molar-refractivity contribution < 1.29 is 33.3 Å². The maximum absolute atomic E-state index is 13.2. The Morgan fingerprint density at radius 3 is 1.71 bits per heavy atom. The van der Waals surface area contributed by atoms with Crippen LogP contribution < -0.4 is 11.2 Å². The number of esters is 3. The third-order valence-electron chi connectivity index (χ3n) is 6.60. The molecule has 1 aliphatic rings. The number of aryl methyl sites for hydroxylation is 1. The first kappa shape index (κ1) is 28.2. The van der Waals surface area contributed by atoms with Crippen molar-refractivity contribution >= 4 is 17.9 Å². The van der Waals surface area contributed by atoms with Crippen LogP contribution in [0.5, 0.6) is 0 Å². The third kappa shape index (κ3) is 6.21. The van der Waals surface area contributed by atoms with Gasteiger partial charge < -0.3 is 18.9 Å². The number of hydrogen-bond donors (Lipinski definition) is 1. The molecule has 0 saturated carbocycles. The lowest BCUT2D eigenvalue weighted by Crippen LogP contribution is -2.43. The second-order valence-electron chi connectivity index (χ2n) is 9.45. The molecule has 2 heterocycles. The van der Waals surface area contributed by atoms with Crippen LogP contribution in [0.4, 0.5) is 0 Å². The molecule has 4 atom stereocenters. The molecule has 5 rings (SSSR count). The first-order valence-corrected chi connectivity index (χ1v) is 13.0. The van der Waals surface area contributed by atoms with Gasteiger partial charge in [-0.25, -0.2) is 19.2 Å². The lowest BCUT2D eigenvalue weighted by molar-refractivity contribution is -0.0648. The molecule has 0 amide bonds. The van der Waals surface area contributed by atoms with E-state index in [1.54, 1.807) is 78.9 Å². The van der Waals surface area contributed by atoms with Gasteiger partial charge in [-0.15, -0.1) is 0 Å². The van der Waals surface area contributed by atoms with Crippen LogP contribution in [0.2, 0.25) is 0 Å². The highest BCUT2D eigenvalue weighted by molar-refractivity contribution is 5.91. The van der Waals surface area contributed by atoms with Gasteiger partial charge >= 0.3 is 23.6 Å². The molecule has 0 aliphatic carbocycles. The molecule has 1 fully saturated rings. The van der Waals surface area contributed by atoms with Crippen LogP contribution in [0.1, 0.15) is 43.0 Å². The Morgan fingerprint density at radius 2 is 1.21 bits per heavy atom. The summed E-state index contributed by atoms with van der Waals surface area (Å²) in [6.07, 6.45) is -5.22. The number of nitrogens with one attached hydrogen (secondary N) is 1. The predicted octanol–water partition coefficient (Wildman–Crippen LogP) is 3.05. The normalized spacial score (nSPS) is 19.5. The Balaban J connectivity index is 1.52. The molecule has 0 radical (unpaired) electrons. The van der Waals surface area contributed by atoms with E-state index in [2.05, 4.69) is 4.98 Å². The fourth-order valence-corrected chi connectivity index (χ4v) is 4.60. The molecule has 4 aromatic rings. The number of aromatic amines is 1. The number of aromatic nitrogens is 2. The van der Waals surface area contributed by atoms with E-state index in [1.807, 2.05) is 0 Å². The maximum atomic E-state index is 13.2. The molecule has 0 spiro atoms. The zero-order valence-corrected chi connectivity index (χ0v) is 22.4. The van der Waals surface area contributed by atoms with Crippen LogP contribution >= 0.6 is 0 Å². The average Bonchev–Trinajstić information content (AvgIpc) is 3.32. The van der Waals surface area contributed by atoms with Crippen LogP contribution in [0.15, 0.2) is 107 Å². The summed E-state index contributed by atoms with van der Waals surface area (Å²) in [6.45, 7) is 1.09. The number of carbonyl (C=O) groups excluding carboxylic acids is 3. The van der Waals surface area contributed by atoms with Gasteiger partial charge in [-0.05, 0) is 43.3 Å². The lowest BCUT2D eigenvalue weighted by Gasteiger charge is -2.25. The minimum absolute atomic E-state index is 0.199. The molecular weight excluding hydrogens is 544 g/mol. The van der Waals surface area contributed by atoms with Gasteiger partial charge in [0.2, 0.25) is 0 Å². The predicted molar refractivity (Wildman–Crippen MR) is 148 cm³/mol. The Hall–Kier alpha value is -5.29. The number of H-pyrrole nitrogens is 1. The SMILES string of the molecule is Cc1cc(=O)[nH]c(=O)n1[C@H]1O[C@@H](COC(=O)c2ccccc2)[C@H](OC(=O)c2ccccc2)[C@@H]1OC(=O)c1ccccc1. The summed E-state index contributed by atoms with van der Waals surface area (Å²) in [5, 5.41) is 0. The largest absolute Gasteiger partial charge is 0.459 e. The molecule has 11 nitrogen and oxygen atoms in total. The second kappa shape index (κ2) is 12.5. The number of nitrogens with zero attached hydrogens (tertiary/aromatic N) is 1. The van der Waals surface area contributed by atoms with Crippen LogP contribution in [-0.4, -0.2) is 52.4 Å². The van der Waals surface area contributed by atoms with Crippen molar-refractivity contribution in [3.8, 4) is 0 Å². The van der Waals surface area contributed by atoms with Gasteiger partial charge in [0.15, 0.2) is 18.4 Å². The first-order valence-electron chi connectivity index (χ1n) is 13.0. The number of ether oxygens (including phenoxy) is 4. The molecule has 42 heavy (non-hydrogen) atoms. The molecule has 1 aromatic heterocycles. The van der Waals surface area contributed by atoms with Gasteiger partial charge in [-0.2, -0.15) is 0 Å². The van der Waals surface area contributed by atoms with Crippen LogP contribution in [0.3, 0.4) is 0 Å². The highest BCUT2D eigenvalue weighted by Gasteiger charge is 2.52. The lowest BCUT2D eigenvalue weighted by atomic mass is 10.1. The molecule has 1 N–H and O–H groups in total. The van der Waals surface area contributed by atoms with Crippen molar-refractivity contribution in [1.29, 1.82) is 0 Å². The summed E-state index contributed by atoms with van der Waals surface area (Å²) < 4.78 is 24.4. The third-order valence-corrected chi connectivity index (χ3v) is 6.60. The van der Waals surface area contributed by atoms with Crippen molar-refractivity contribution in [2.75, 3.05) is 6.61 Å². The fraction of sp³-hybridized carbons (Fsp3) is 0.194. The van der Waals surface area contributed by atoms with Gasteiger partial charge in [-0.3, -0.25) is 14.3 Å². The smallest absolute Gasteiger partial charge is 0.338 e. The van der Waals surface area contributed by atoms with E-state index in [0.29, 0.717) is 0 Å². The fourth-order valence-electron chi connectivity index (χ4n) is 4.60. The molecule has 0 bridgehead atoms. The summed E-state index contributed by atoms with van der Waals surface area (Å²) in [5.41, 5.74) is -0.569. The second-order valence-corrected chi connectivity index (χ2v) is 9.45. The van der Waals surface area contributed by atoms with Crippen molar-refractivity contribution in [2.45, 2.75) is 31.5 Å². The van der Waals surface area contributed by atoms with Gasteiger partial charge in [0.1, 0.15) is 12.7 Å². The standard InChI is InChI=1S/C31H26N2O9/c1-19-17-24(34)32-31(38)33(19)27-26(42-30(37)22-15-9-4-10-16-22)25(41-29(36)21-13-7-3-8-14-21)23(40-27)18-39-28(35)20-11-5-2-6-12-20/h2-17,23,25-27H,18H2,1H3,(H,32,34,38)/t23-,25-,26-,27-/m0/s1. The van der Waals surface area contributed by atoms with Gasteiger partial charge in [0, 0.05) is 11.8 Å². The van der Waals surface area contributed by atoms with Gasteiger partial charge in [0.25, 0.3) is 5.56 Å². The first-order chi connectivity index (χ1) is 20.3. The van der Waals surface area contributed by atoms with Gasteiger partial charge in [-0.1, -0.05) is 54.6 Å². The molecule has 11 heteroatoms. The zero-order valence-electron chi connectivity index (χ0n) is 22.4. The number of benzene rings is 3. The van der Waals surface area contributed by atoms with E-state index in [-0.39, 0.29) is 22.4 Å². The summed E-state index contributed by atoms with van der Waals surface area (Å²) >= 11 is 0. The minimum atomic E-state index is -1.38. The van der Waals surface area contributed by atoms with E-state index in [9.17, 15) is 24.0 Å². The van der Waals surface area contributed by atoms with E-state index in [0.717, 1.165) is 4.57 Å². The van der Waals surface area contributed by atoms with E-state index in [4.69, 9.17) is 18.9 Å². The molecular formula is C31H26N2O9. The summed E-state index contributed by atoms with van der Waals surface area (Å²) in [7, 11) is 0. The zero-order chi connectivity index (χ0) is 29.6. The minimum Gasteiger partial charge on any atom is -0.459 e. The summed E-state index contributed by atoms with van der Waals surface area (Å²) in [6, 6.07) is 25.6. The molecule has 1 aliphatic heterocycles. The van der Waals surface area contributed by atoms with Crippen LogP contribution in [-0.2, 0) is 18.9 Å². The van der Waals surface area contributed by atoms with Crippen molar-refractivity contribution in [3.63, 3.8) is 0 Å². The van der Waals surface area contributed by atoms with Crippen molar-refractivity contribution in [1.82, 2.24) is 9.55 Å². The number of rotatable bonds is 8. The molecule has 0 unspecified atom stereocenters. The Bertz CT molecular complexity index is 1680. The van der Waals surface area contributed by atoms with E-state index >= 15 is 0 Å². The quantitative estimate of drug-likeness (QED) is 0.250. The average molecular weight is 571 g/mol. The molecule has 214 valence electrons. The van der Waals surface area contributed by atoms with E-state index in [1.165, 1.54) is 25.1 Å². The summed E-state index contributed by atoms with van der Waals surface area (Å²) in [4.78, 5) is 66.2. The highest BCUT2D eigenvalue weighted by atomic mass is 16.7. The van der Waals surface area contributed by atoms with Crippen molar-refractivity contribution in [3.05, 3.63) is 140 Å². The maximum Gasteiger partial charge on any atom is 0.338 e. The Kier molecular flexibility index (Phi) is 8.39. The van der Waals surface area contributed by atoms with Crippen LogP contribution in [0.25, 0.3) is 0 Å². The number of carbonyl (C=O) groups is 3. The van der Waals surface area contributed by atoms with E-state index < -0.39 is 60.3 Å². The molecule has 1 saturated heterocycles. The van der Waals surface area contributed by atoms with Gasteiger partial charge in [0.05, 0.1) is 16.7 Å². The Labute approximate surface area is 239 Å².